The average molecular weight is 306 g/mol. The molecular weight excluding hydrogens is 289 g/mol. The molecule has 0 heterocycles. The van der Waals surface area contributed by atoms with Crippen molar-refractivity contribution in [1.29, 1.82) is 0 Å². The Labute approximate surface area is 127 Å². The van der Waals surface area contributed by atoms with Crippen LogP contribution >= 0.6 is 0 Å². The first-order chi connectivity index (χ1) is 10.4. The van der Waals surface area contributed by atoms with Gasteiger partial charge in [-0.3, -0.25) is 4.79 Å². The highest BCUT2D eigenvalue weighted by molar-refractivity contribution is 6.11. The van der Waals surface area contributed by atoms with E-state index in [0.717, 1.165) is 6.07 Å². The second-order valence-corrected chi connectivity index (χ2v) is 5.03. The molecule has 0 radical (unpaired) electrons. The Morgan fingerprint density at radius 3 is 2.09 bits per heavy atom. The van der Waals surface area contributed by atoms with E-state index in [0.29, 0.717) is 17.5 Å². The van der Waals surface area contributed by atoms with E-state index in [1.165, 1.54) is 6.07 Å². The summed E-state index contributed by atoms with van der Waals surface area (Å²) in [4.78, 5) is 12.7. The third-order valence-electron chi connectivity index (χ3n) is 3.70. The number of ketones is 1. The van der Waals surface area contributed by atoms with Gasteiger partial charge in [-0.25, -0.2) is 0 Å². The van der Waals surface area contributed by atoms with Gasteiger partial charge in [0.25, 0.3) is 0 Å². The summed E-state index contributed by atoms with van der Waals surface area (Å²) in [6.45, 7) is 3.48. The van der Waals surface area contributed by atoms with Crippen molar-refractivity contribution in [3.63, 3.8) is 0 Å². The van der Waals surface area contributed by atoms with Gasteiger partial charge >= 0.3 is 6.18 Å². The minimum absolute atomic E-state index is 0.0840. The smallest absolute Gasteiger partial charge is 0.289 e. The van der Waals surface area contributed by atoms with Gasteiger partial charge < -0.3 is 0 Å². The third-order valence-corrected chi connectivity index (χ3v) is 3.70. The molecule has 0 aliphatic rings. The van der Waals surface area contributed by atoms with Crippen molar-refractivity contribution in [2.75, 3.05) is 0 Å². The Hall–Kier alpha value is -2.10. The molecule has 0 saturated carbocycles. The minimum Gasteiger partial charge on any atom is -0.289 e. The van der Waals surface area contributed by atoms with Gasteiger partial charge in [0, 0.05) is 11.1 Å². The van der Waals surface area contributed by atoms with E-state index in [-0.39, 0.29) is 23.3 Å². The van der Waals surface area contributed by atoms with Crippen LogP contribution in [0.1, 0.15) is 46.5 Å². The zero-order valence-electron chi connectivity index (χ0n) is 12.5. The molecule has 0 aliphatic heterocycles. The van der Waals surface area contributed by atoms with Gasteiger partial charge in [-0.15, -0.1) is 0 Å². The molecule has 116 valence electrons. The van der Waals surface area contributed by atoms with Crippen molar-refractivity contribution in [3.8, 4) is 0 Å². The van der Waals surface area contributed by atoms with E-state index in [2.05, 4.69) is 0 Å². The van der Waals surface area contributed by atoms with Crippen molar-refractivity contribution < 1.29 is 18.0 Å². The van der Waals surface area contributed by atoms with Gasteiger partial charge in [0.05, 0.1) is 5.56 Å². The van der Waals surface area contributed by atoms with Crippen LogP contribution < -0.4 is 0 Å². The Morgan fingerprint density at radius 1 is 0.955 bits per heavy atom. The normalized spacial score (nSPS) is 11.5. The summed E-state index contributed by atoms with van der Waals surface area (Å²) in [6, 6.07) is 10.9. The Balaban J connectivity index is 2.70. The summed E-state index contributed by atoms with van der Waals surface area (Å²) >= 11 is 0. The van der Waals surface area contributed by atoms with E-state index in [9.17, 15) is 18.0 Å². The number of carbonyl (C=O) groups excluding carboxylic acids is 1. The molecule has 0 spiro atoms. The predicted octanol–water partition coefficient (Wildman–Crippen LogP) is 5.06. The molecule has 2 rings (SSSR count). The fourth-order valence-corrected chi connectivity index (χ4v) is 2.64. The number of carbonyl (C=O) groups is 1. The van der Waals surface area contributed by atoms with Gasteiger partial charge in [0.15, 0.2) is 5.78 Å². The zero-order chi connectivity index (χ0) is 16.3. The van der Waals surface area contributed by atoms with Crippen molar-refractivity contribution in [1.82, 2.24) is 0 Å². The van der Waals surface area contributed by atoms with Crippen LogP contribution in [0.15, 0.2) is 42.5 Å². The highest BCUT2D eigenvalue weighted by atomic mass is 19.4. The molecule has 0 aliphatic carbocycles. The van der Waals surface area contributed by atoms with Crippen LogP contribution in [0.5, 0.6) is 0 Å². The maximum absolute atomic E-state index is 13.2. The summed E-state index contributed by atoms with van der Waals surface area (Å²) in [6.07, 6.45) is -3.78. The van der Waals surface area contributed by atoms with E-state index in [1.54, 1.807) is 37.3 Å². The molecule has 22 heavy (non-hydrogen) atoms. The molecule has 0 atom stereocenters. The molecule has 0 unspecified atom stereocenters. The number of hydrogen-bond donors (Lipinski definition) is 0. The monoisotopic (exact) mass is 306 g/mol. The second-order valence-electron chi connectivity index (χ2n) is 5.03. The molecule has 0 fully saturated rings. The zero-order valence-corrected chi connectivity index (χ0v) is 12.5. The topological polar surface area (TPSA) is 17.1 Å². The van der Waals surface area contributed by atoms with E-state index in [1.807, 2.05) is 6.92 Å². The third kappa shape index (κ3) is 3.06. The van der Waals surface area contributed by atoms with Gasteiger partial charge in [-0.2, -0.15) is 13.2 Å². The molecule has 2 aromatic carbocycles. The van der Waals surface area contributed by atoms with Gasteiger partial charge in [0.1, 0.15) is 0 Å². The summed E-state index contributed by atoms with van der Waals surface area (Å²) in [7, 11) is 0. The molecule has 0 saturated heterocycles. The van der Waals surface area contributed by atoms with Crippen LogP contribution in [0.2, 0.25) is 0 Å². The fourth-order valence-electron chi connectivity index (χ4n) is 2.64. The summed E-state index contributed by atoms with van der Waals surface area (Å²) in [5, 5.41) is 0. The summed E-state index contributed by atoms with van der Waals surface area (Å²) < 4.78 is 39.6. The van der Waals surface area contributed by atoms with Crippen molar-refractivity contribution in [3.05, 3.63) is 70.3 Å². The molecule has 0 aromatic heterocycles. The van der Waals surface area contributed by atoms with Gasteiger partial charge in [0.2, 0.25) is 0 Å². The molecular formula is C18H17F3O. The van der Waals surface area contributed by atoms with Gasteiger partial charge in [-0.05, 0) is 30.0 Å². The highest BCUT2D eigenvalue weighted by Crippen LogP contribution is 2.35. The summed E-state index contributed by atoms with van der Waals surface area (Å²) in [5.41, 5.74) is 0.628. The molecule has 2 aromatic rings. The van der Waals surface area contributed by atoms with Crippen LogP contribution in [0.4, 0.5) is 13.2 Å². The SMILES string of the molecule is CCc1ccc(C(F)(F)F)c(CC)c1C(=O)c1ccccc1. The number of halogens is 3. The minimum atomic E-state index is -4.46. The Morgan fingerprint density at radius 2 is 1.59 bits per heavy atom. The Bertz CT molecular complexity index is 673. The summed E-state index contributed by atoms with van der Waals surface area (Å²) in [5.74, 6) is -0.347. The van der Waals surface area contributed by atoms with E-state index >= 15 is 0 Å². The predicted molar refractivity (Wildman–Crippen MR) is 80.1 cm³/mol. The number of hydrogen-bond acceptors (Lipinski definition) is 1. The number of aryl methyl sites for hydroxylation is 1. The number of alkyl halides is 3. The highest BCUT2D eigenvalue weighted by Gasteiger charge is 2.35. The first kappa shape index (κ1) is 16.3. The lowest BCUT2D eigenvalue weighted by Crippen LogP contribution is -2.16. The maximum atomic E-state index is 13.2. The van der Waals surface area contributed by atoms with Crippen LogP contribution in [-0.4, -0.2) is 5.78 Å². The molecule has 4 heteroatoms. The lowest BCUT2D eigenvalue weighted by Gasteiger charge is -2.18. The number of benzene rings is 2. The van der Waals surface area contributed by atoms with Crippen LogP contribution in [-0.2, 0) is 19.0 Å². The van der Waals surface area contributed by atoms with Crippen LogP contribution in [0.3, 0.4) is 0 Å². The molecule has 0 amide bonds. The van der Waals surface area contributed by atoms with Crippen molar-refractivity contribution in [2.24, 2.45) is 0 Å². The van der Waals surface area contributed by atoms with Crippen molar-refractivity contribution >= 4 is 5.78 Å². The quantitative estimate of drug-likeness (QED) is 0.721. The lowest BCUT2D eigenvalue weighted by atomic mass is 9.88. The van der Waals surface area contributed by atoms with E-state index < -0.39 is 11.7 Å². The lowest BCUT2D eigenvalue weighted by molar-refractivity contribution is -0.138. The fraction of sp³-hybridized carbons (Fsp3) is 0.278. The average Bonchev–Trinajstić information content (AvgIpc) is 2.52. The standard InChI is InChI=1S/C18H17F3O/c1-3-12-10-11-15(18(19,20)21)14(4-2)16(12)17(22)13-8-6-5-7-9-13/h5-11H,3-4H2,1-2H3. The largest absolute Gasteiger partial charge is 0.416 e. The van der Waals surface area contributed by atoms with Crippen LogP contribution in [0, 0.1) is 0 Å². The van der Waals surface area contributed by atoms with E-state index in [4.69, 9.17) is 0 Å². The van der Waals surface area contributed by atoms with Crippen molar-refractivity contribution in [2.45, 2.75) is 32.9 Å². The molecule has 0 N–H and O–H groups in total. The first-order valence-corrected chi connectivity index (χ1v) is 7.21. The molecule has 1 nitrogen and oxygen atoms in total. The van der Waals surface area contributed by atoms with Crippen LogP contribution in [0.25, 0.3) is 0 Å². The Kier molecular flexibility index (Phi) is 4.69. The van der Waals surface area contributed by atoms with Gasteiger partial charge in [-0.1, -0.05) is 50.2 Å². The second kappa shape index (κ2) is 6.34. The molecule has 0 bridgehead atoms. The maximum Gasteiger partial charge on any atom is 0.416 e. The first-order valence-electron chi connectivity index (χ1n) is 7.21. The number of rotatable bonds is 4.